The summed E-state index contributed by atoms with van der Waals surface area (Å²) in [4.78, 5) is 12.1. The molecule has 0 saturated heterocycles. The van der Waals surface area contributed by atoms with Crippen molar-refractivity contribution in [2.45, 2.75) is 0 Å². The number of carbonyl (C=O) groups excluding carboxylic acids is 1. The van der Waals surface area contributed by atoms with Crippen LogP contribution >= 0.6 is 0 Å². The molecule has 0 aliphatic carbocycles. The summed E-state index contributed by atoms with van der Waals surface area (Å²) in [5, 5.41) is 13.8. The van der Waals surface area contributed by atoms with E-state index in [0.29, 0.717) is 17.2 Å². The highest BCUT2D eigenvalue weighted by Gasteiger charge is 2.04. The second kappa shape index (κ2) is 7.93. The maximum absolute atomic E-state index is 12.1. The monoisotopic (exact) mass is 351 g/mol. The Hall–Kier alpha value is -3.68. The molecule has 3 aromatic rings. The fourth-order valence-electron chi connectivity index (χ4n) is 2.29. The van der Waals surface area contributed by atoms with Gasteiger partial charge in [-0.2, -0.15) is 0 Å². The Kier molecular flexibility index (Phi) is 5.23. The van der Waals surface area contributed by atoms with Crippen molar-refractivity contribution in [3.63, 3.8) is 0 Å². The first-order chi connectivity index (χ1) is 12.7. The number of hydrogen-bond acceptors (Lipinski definition) is 6. The molecule has 3 rings (SSSR count). The van der Waals surface area contributed by atoms with E-state index in [1.54, 1.807) is 44.6 Å². The smallest absolute Gasteiger partial charge is 0.248 e. The zero-order valence-electron chi connectivity index (χ0n) is 14.3. The third-order valence-corrected chi connectivity index (χ3v) is 3.58. The number of amides is 1. The molecule has 26 heavy (non-hydrogen) atoms. The summed E-state index contributed by atoms with van der Waals surface area (Å²) in [6.45, 7) is 0. The largest absolute Gasteiger partial charge is 0.493 e. The van der Waals surface area contributed by atoms with Crippen LogP contribution in [0.15, 0.2) is 54.9 Å². The van der Waals surface area contributed by atoms with Crippen LogP contribution in [0.4, 0.5) is 5.69 Å². The zero-order chi connectivity index (χ0) is 18.4. The summed E-state index contributed by atoms with van der Waals surface area (Å²) >= 11 is 0. The summed E-state index contributed by atoms with van der Waals surface area (Å²) in [5.41, 5.74) is 2.30. The highest BCUT2D eigenvalue weighted by molar-refractivity contribution is 6.02. The predicted octanol–water partition coefficient (Wildman–Crippen LogP) is 2.33. The van der Waals surface area contributed by atoms with Gasteiger partial charge in [-0.3, -0.25) is 4.79 Å². The fraction of sp³-hybridized carbons (Fsp3) is 0.111. The average Bonchev–Trinajstić information content (AvgIpc) is 3.21. The molecular formula is C18H17N5O3. The van der Waals surface area contributed by atoms with Crippen LogP contribution < -0.4 is 14.8 Å². The lowest BCUT2D eigenvalue weighted by Gasteiger charge is -2.07. The minimum atomic E-state index is -0.241. The van der Waals surface area contributed by atoms with Gasteiger partial charge in [0.2, 0.25) is 5.91 Å². The first kappa shape index (κ1) is 17.2. The Morgan fingerprint density at radius 2 is 1.85 bits per heavy atom. The quantitative estimate of drug-likeness (QED) is 0.686. The summed E-state index contributed by atoms with van der Waals surface area (Å²) in [6.07, 6.45) is 4.66. The van der Waals surface area contributed by atoms with Crippen LogP contribution in [0, 0.1) is 0 Å². The molecule has 0 atom stereocenters. The normalized spacial score (nSPS) is 10.7. The van der Waals surface area contributed by atoms with Gasteiger partial charge >= 0.3 is 0 Å². The molecule has 0 radical (unpaired) electrons. The van der Waals surface area contributed by atoms with Crippen molar-refractivity contribution in [3.05, 3.63) is 60.4 Å². The molecule has 8 heteroatoms. The molecule has 2 aromatic carbocycles. The van der Waals surface area contributed by atoms with Crippen molar-refractivity contribution in [2.75, 3.05) is 19.5 Å². The van der Waals surface area contributed by atoms with Gasteiger partial charge < -0.3 is 14.8 Å². The Bertz CT molecular complexity index is 905. The second-order valence-corrected chi connectivity index (χ2v) is 5.24. The first-order valence-electron chi connectivity index (χ1n) is 7.74. The Balaban J connectivity index is 1.64. The van der Waals surface area contributed by atoms with Gasteiger partial charge in [0.1, 0.15) is 6.33 Å². The van der Waals surface area contributed by atoms with E-state index >= 15 is 0 Å². The summed E-state index contributed by atoms with van der Waals surface area (Å²) in [7, 11) is 3.14. The zero-order valence-corrected chi connectivity index (χ0v) is 14.3. The molecule has 0 aliphatic heterocycles. The Labute approximate surface area is 150 Å². The van der Waals surface area contributed by atoms with Crippen LogP contribution in [-0.2, 0) is 4.79 Å². The van der Waals surface area contributed by atoms with Gasteiger partial charge in [-0.1, -0.05) is 6.07 Å². The number of nitrogens with one attached hydrogen (secondary N) is 1. The SMILES string of the molecule is COc1ccc(C=CC(=O)Nc2ccc(-n3cnnn3)cc2)cc1OC. The van der Waals surface area contributed by atoms with Crippen LogP contribution in [0.25, 0.3) is 11.8 Å². The molecule has 0 unspecified atom stereocenters. The van der Waals surface area contributed by atoms with E-state index in [0.717, 1.165) is 11.3 Å². The molecule has 1 N–H and O–H groups in total. The molecule has 8 nitrogen and oxygen atoms in total. The number of carbonyl (C=O) groups is 1. The second-order valence-electron chi connectivity index (χ2n) is 5.24. The van der Waals surface area contributed by atoms with E-state index in [1.807, 2.05) is 18.2 Å². The van der Waals surface area contributed by atoms with Gasteiger partial charge in [-0.05, 0) is 58.5 Å². The van der Waals surface area contributed by atoms with Crippen LogP contribution in [0.2, 0.25) is 0 Å². The number of tetrazole rings is 1. The maximum Gasteiger partial charge on any atom is 0.248 e. The van der Waals surface area contributed by atoms with Gasteiger partial charge in [0.25, 0.3) is 0 Å². The van der Waals surface area contributed by atoms with Crippen LogP contribution in [-0.4, -0.2) is 40.3 Å². The molecule has 0 saturated carbocycles. The van der Waals surface area contributed by atoms with Gasteiger partial charge in [-0.25, -0.2) is 4.68 Å². The molecule has 1 aromatic heterocycles. The number of nitrogens with zero attached hydrogens (tertiary/aromatic N) is 4. The summed E-state index contributed by atoms with van der Waals surface area (Å²) in [5.74, 6) is 1.000. The van der Waals surface area contributed by atoms with Crippen molar-refractivity contribution in [1.82, 2.24) is 20.2 Å². The molecule has 132 valence electrons. The topological polar surface area (TPSA) is 91.2 Å². The number of methoxy groups -OCH3 is 2. The van der Waals surface area contributed by atoms with E-state index in [4.69, 9.17) is 9.47 Å². The van der Waals surface area contributed by atoms with E-state index in [9.17, 15) is 4.79 Å². The minimum absolute atomic E-state index is 0.241. The number of benzene rings is 2. The highest BCUT2D eigenvalue weighted by Crippen LogP contribution is 2.27. The lowest BCUT2D eigenvalue weighted by Crippen LogP contribution is -2.07. The highest BCUT2D eigenvalue weighted by atomic mass is 16.5. The van der Waals surface area contributed by atoms with Crippen molar-refractivity contribution < 1.29 is 14.3 Å². The number of rotatable bonds is 6. The molecule has 0 bridgehead atoms. The summed E-state index contributed by atoms with van der Waals surface area (Å²) < 4.78 is 12.0. The van der Waals surface area contributed by atoms with E-state index < -0.39 is 0 Å². The van der Waals surface area contributed by atoms with Crippen LogP contribution in [0.1, 0.15) is 5.56 Å². The first-order valence-corrected chi connectivity index (χ1v) is 7.74. The lowest BCUT2D eigenvalue weighted by atomic mass is 10.2. The van der Waals surface area contributed by atoms with E-state index in [2.05, 4.69) is 20.8 Å². The minimum Gasteiger partial charge on any atom is -0.493 e. The van der Waals surface area contributed by atoms with Crippen molar-refractivity contribution in [2.24, 2.45) is 0 Å². The fourth-order valence-corrected chi connectivity index (χ4v) is 2.29. The molecule has 1 amide bonds. The van der Waals surface area contributed by atoms with Crippen LogP contribution in [0.3, 0.4) is 0 Å². The van der Waals surface area contributed by atoms with Crippen LogP contribution in [0.5, 0.6) is 11.5 Å². The lowest BCUT2D eigenvalue weighted by molar-refractivity contribution is -0.111. The van der Waals surface area contributed by atoms with Crippen molar-refractivity contribution in [1.29, 1.82) is 0 Å². The number of hydrogen-bond donors (Lipinski definition) is 1. The Morgan fingerprint density at radius 3 is 2.50 bits per heavy atom. The van der Waals surface area contributed by atoms with Gasteiger partial charge in [0.05, 0.1) is 19.9 Å². The maximum atomic E-state index is 12.1. The Morgan fingerprint density at radius 1 is 1.08 bits per heavy atom. The number of anilines is 1. The summed E-state index contributed by atoms with van der Waals surface area (Å²) in [6, 6.07) is 12.6. The third kappa shape index (κ3) is 4.04. The standard InChI is InChI=1S/C18H17N5O3/c1-25-16-9-3-13(11-17(16)26-2)4-10-18(24)20-14-5-7-15(8-6-14)23-12-19-21-22-23/h3-12H,1-2H3,(H,20,24). The van der Waals surface area contributed by atoms with Crippen molar-refractivity contribution >= 4 is 17.7 Å². The molecule has 0 spiro atoms. The van der Waals surface area contributed by atoms with E-state index in [-0.39, 0.29) is 5.91 Å². The van der Waals surface area contributed by atoms with Gasteiger partial charge in [0, 0.05) is 11.8 Å². The molecular weight excluding hydrogens is 334 g/mol. The number of aromatic nitrogens is 4. The molecule has 1 heterocycles. The molecule has 0 fully saturated rings. The van der Waals surface area contributed by atoms with Gasteiger partial charge in [-0.15, -0.1) is 5.10 Å². The van der Waals surface area contributed by atoms with E-state index in [1.165, 1.54) is 17.1 Å². The third-order valence-electron chi connectivity index (χ3n) is 3.58. The van der Waals surface area contributed by atoms with Gasteiger partial charge in [0.15, 0.2) is 11.5 Å². The average molecular weight is 351 g/mol. The predicted molar refractivity (Wildman–Crippen MR) is 96.4 cm³/mol. The van der Waals surface area contributed by atoms with Crippen molar-refractivity contribution in [3.8, 4) is 17.2 Å². The number of ether oxygens (including phenoxy) is 2. The molecule has 0 aliphatic rings.